The Morgan fingerprint density at radius 3 is 2.31 bits per heavy atom. The van der Waals surface area contributed by atoms with Gasteiger partial charge >= 0.3 is 0 Å². The average Bonchev–Trinajstić information content (AvgIpc) is 2.14. The summed E-state index contributed by atoms with van der Waals surface area (Å²) in [7, 11) is 0. The topological polar surface area (TPSA) is 12.0 Å². The Hall–Kier alpha value is -0.980. The third kappa shape index (κ3) is 4.69. The van der Waals surface area contributed by atoms with Crippen molar-refractivity contribution < 1.29 is 0 Å². The molecule has 0 saturated carbocycles. The highest BCUT2D eigenvalue weighted by Crippen LogP contribution is 2.22. The first-order valence-electron chi connectivity index (χ1n) is 6.24. The van der Waals surface area contributed by atoms with Gasteiger partial charge in [-0.3, -0.25) is 0 Å². The van der Waals surface area contributed by atoms with Crippen LogP contribution < -0.4 is 5.32 Å². The van der Waals surface area contributed by atoms with Crippen molar-refractivity contribution in [3.8, 4) is 0 Å². The van der Waals surface area contributed by atoms with E-state index in [4.69, 9.17) is 0 Å². The molecule has 0 spiro atoms. The van der Waals surface area contributed by atoms with Crippen LogP contribution in [0.15, 0.2) is 24.3 Å². The molecule has 0 saturated heterocycles. The molecule has 0 unspecified atom stereocenters. The highest BCUT2D eigenvalue weighted by molar-refractivity contribution is 5.52. The number of aryl methyl sites for hydroxylation is 1. The lowest BCUT2D eigenvalue weighted by Crippen LogP contribution is -2.26. The van der Waals surface area contributed by atoms with Crippen LogP contribution in [0.1, 0.15) is 46.6 Å². The normalized spacial score (nSPS) is 11.9. The Bertz CT molecular complexity index is 320. The quantitative estimate of drug-likeness (QED) is 0.787. The summed E-state index contributed by atoms with van der Waals surface area (Å²) in [4.78, 5) is 0. The van der Waals surface area contributed by atoms with Gasteiger partial charge in [-0.15, -0.1) is 0 Å². The van der Waals surface area contributed by atoms with Crippen molar-refractivity contribution in [2.45, 2.75) is 53.0 Å². The third-order valence-electron chi connectivity index (χ3n) is 2.52. The third-order valence-corrected chi connectivity index (χ3v) is 2.52. The number of hydrogen-bond donors (Lipinski definition) is 1. The Morgan fingerprint density at radius 2 is 1.75 bits per heavy atom. The number of benzene rings is 1. The zero-order valence-corrected chi connectivity index (χ0v) is 11.3. The fraction of sp³-hybridized carbons (Fsp3) is 0.600. The summed E-state index contributed by atoms with van der Waals surface area (Å²) in [5.41, 5.74) is 2.86. The van der Waals surface area contributed by atoms with Crippen LogP contribution >= 0.6 is 0 Å². The molecule has 0 atom stereocenters. The van der Waals surface area contributed by atoms with E-state index in [2.05, 4.69) is 64.2 Å². The molecule has 16 heavy (non-hydrogen) atoms. The monoisotopic (exact) mass is 219 g/mol. The molecule has 0 bridgehead atoms. The number of nitrogens with one attached hydrogen (secondary N) is 1. The van der Waals surface area contributed by atoms with Gasteiger partial charge in [0.15, 0.2) is 0 Å². The summed E-state index contributed by atoms with van der Waals surface area (Å²) in [5.74, 6) is 0.766. The zero-order valence-electron chi connectivity index (χ0n) is 11.3. The summed E-state index contributed by atoms with van der Waals surface area (Å²) < 4.78 is 0. The van der Waals surface area contributed by atoms with E-state index >= 15 is 0 Å². The predicted octanol–water partition coefficient (Wildman–Crippen LogP) is 4.49. The van der Waals surface area contributed by atoms with Crippen LogP contribution in [0.2, 0.25) is 0 Å². The molecule has 0 aliphatic carbocycles. The van der Waals surface area contributed by atoms with Crippen LogP contribution in [0.4, 0.5) is 5.69 Å². The maximum Gasteiger partial charge on any atom is 0.0376 e. The van der Waals surface area contributed by atoms with Gasteiger partial charge in [-0.25, -0.2) is 0 Å². The Morgan fingerprint density at radius 1 is 1.12 bits per heavy atom. The molecule has 0 fully saturated rings. The molecule has 1 heteroatoms. The van der Waals surface area contributed by atoms with Gasteiger partial charge in [0.1, 0.15) is 0 Å². The SMILES string of the molecule is CC(C)CCc1ccccc1NC(C)(C)C. The van der Waals surface area contributed by atoms with Crippen LogP contribution in [0.3, 0.4) is 0 Å². The first-order valence-corrected chi connectivity index (χ1v) is 6.24. The summed E-state index contributed by atoms with van der Waals surface area (Å²) in [6.07, 6.45) is 2.42. The van der Waals surface area contributed by atoms with Crippen molar-refractivity contribution in [3.63, 3.8) is 0 Å². The van der Waals surface area contributed by atoms with Crippen molar-refractivity contribution in [2.24, 2.45) is 5.92 Å². The molecule has 0 aliphatic heterocycles. The smallest absolute Gasteiger partial charge is 0.0376 e. The van der Waals surface area contributed by atoms with Gasteiger partial charge in [-0.05, 0) is 51.2 Å². The number of hydrogen-bond acceptors (Lipinski definition) is 1. The summed E-state index contributed by atoms with van der Waals surface area (Å²) >= 11 is 0. The van der Waals surface area contributed by atoms with E-state index in [-0.39, 0.29) is 5.54 Å². The van der Waals surface area contributed by atoms with E-state index in [9.17, 15) is 0 Å². The van der Waals surface area contributed by atoms with E-state index < -0.39 is 0 Å². The Labute approximate surface area is 100 Å². The summed E-state index contributed by atoms with van der Waals surface area (Å²) in [6, 6.07) is 8.65. The van der Waals surface area contributed by atoms with Crippen LogP contribution in [-0.2, 0) is 6.42 Å². The van der Waals surface area contributed by atoms with Crippen molar-refractivity contribution in [1.82, 2.24) is 0 Å². The largest absolute Gasteiger partial charge is 0.380 e. The second kappa shape index (κ2) is 5.38. The summed E-state index contributed by atoms with van der Waals surface area (Å²) in [5, 5.41) is 3.57. The van der Waals surface area contributed by atoms with Gasteiger partial charge in [0.25, 0.3) is 0 Å². The fourth-order valence-corrected chi connectivity index (χ4v) is 1.71. The van der Waals surface area contributed by atoms with Crippen molar-refractivity contribution in [3.05, 3.63) is 29.8 Å². The Balaban J connectivity index is 2.75. The number of para-hydroxylation sites is 1. The van der Waals surface area contributed by atoms with E-state index in [1.807, 2.05) is 0 Å². The molecule has 90 valence electrons. The molecule has 0 aliphatic rings. The number of rotatable bonds is 4. The van der Waals surface area contributed by atoms with Crippen LogP contribution in [0.5, 0.6) is 0 Å². The second-order valence-corrected chi connectivity index (χ2v) is 5.96. The van der Waals surface area contributed by atoms with Crippen molar-refractivity contribution in [2.75, 3.05) is 5.32 Å². The molecular weight excluding hydrogens is 194 g/mol. The minimum atomic E-state index is 0.133. The molecule has 0 amide bonds. The standard InChI is InChI=1S/C15H25N/c1-12(2)10-11-13-8-6-7-9-14(13)16-15(3,4)5/h6-9,12,16H,10-11H2,1-5H3. The molecule has 0 radical (unpaired) electrons. The van der Waals surface area contributed by atoms with Crippen LogP contribution in [-0.4, -0.2) is 5.54 Å². The second-order valence-electron chi connectivity index (χ2n) is 5.96. The fourth-order valence-electron chi connectivity index (χ4n) is 1.71. The van der Waals surface area contributed by atoms with Crippen molar-refractivity contribution >= 4 is 5.69 Å². The first kappa shape index (κ1) is 13.1. The van der Waals surface area contributed by atoms with Gasteiger partial charge in [0.05, 0.1) is 0 Å². The Kier molecular flexibility index (Phi) is 4.40. The lowest BCUT2D eigenvalue weighted by Gasteiger charge is -2.24. The lowest BCUT2D eigenvalue weighted by atomic mass is 10.00. The van der Waals surface area contributed by atoms with Gasteiger partial charge in [-0.1, -0.05) is 32.0 Å². The lowest BCUT2D eigenvalue weighted by molar-refractivity contribution is 0.584. The highest BCUT2D eigenvalue weighted by Gasteiger charge is 2.11. The zero-order chi connectivity index (χ0) is 12.2. The van der Waals surface area contributed by atoms with E-state index in [1.54, 1.807) is 0 Å². The molecule has 0 aromatic heterocycles. The van der Waals surface area contributed by atoms with Gasteiger partial charge in [0, 0.05) is 11.2 Å². The highest BCUT2D eigenvalue weighted by atomic mass is 15.0. The maximum atomic E-state index is 3.57. The molecule has 1 rings (SSSR count). The molecular formula is C15H25N. The maximum absolute atomic E-state index is 3.57. The average molecular weight is 219 g/mol. The minimum Gasteiger partial charge on any atom is -0.380 e. The minimum absolute atomic E-state index is 0.133. The van der Waals surface area contributed by atoms with Crippen LogP contribution in [0, 0.1) is 5.92 Å². The molecule has 1 aromatic carbocycles. The summed E-state index contributed by atoms with van der Waals surface area (Å²) in [6.45, 7) is 11.2. The van der Waals surface area contributed by atoms with Crippen LogP contribution in [0.25, 0.3) is 0 Å². The van der Waals surface area contributed by atoms with Gasteiger partial charge < -0.3 is 5.32 Å². The first-order chi connectivity index (χ1) is 7.38. The number of anilines is 1. The molecule has 0 heterocycles. The molecule has 1 aromatic rings. The molecule has 1 nitrogen and oxygen atoms in total. The van der Waals surface area contributed by atoms with E-state index in [0.717, 1.165) is 12.3 Å². The van der Waals surface area contributed by atoms with E-state index in [0.29, 0.717) is 0 Å². The molecule has 1 N–H and O–H groups in total. The van der Waals surface area contributed by atoms with Gasteiger partial charge in [-0.2, -0.15) is 0 Å². The predicted molar refractivity (Wildman–Crippen MR) is 73.0 cm³/mol. The van der Waals surface area contributed by atoms with Gasteiger partial charge in [0.2, 0.25) is 0 Å². The van der Waals surface area contributed by atoms with Crippen molar-refractivity contribution in [1.29, 1.82) is 0 Å². The van der Waals surface area contributed by atoms with E-state index in [1.165, 1.54) is 17.7 Å².